The fourth-order valence-corrected chi connectivity index (χ4v) is 3.93. The average Bonchev–Trinajstić information content (AvgIpc) is 3.20. The molecule has 0 saturated carbocycles. The van der Waals surface area contributed by atoms with Crippen molar-refractivity contribution >= 4 is 40.6 Å². The number of nitrogens with one attached hydrogen (secondary N) is 2. The minimum atomic E-state index is -0.309. The van der Waals surface area contributed by atoms with Crippen molar-refractivity contribution < 1.29 is 14.3 Å². The van der Waals surface area contributed by atoms with Gasteiger partial charge in [0, 0.05) is 43.4 Å². The molecule has 2 heterocycles. The second kappa shape index (κ2) is 9.81. The highest BCUT2D eigenvalue weighted by molar-refractivity contribution is 7.13. The molecule has 2 N–H and O–H groups in total. The van der Waals surface area contributed by atoms with Crippen LogP contribution >= 0.6 is 22.9 Å². The van der Waals surface area contributed by atoms with Crippen LogP contribution in [0.1, 0.15) is 33.6 Å². The molecule has 0 radical (unpaired) electrons. The van der Waals surface area contributed by atoms with Gasteiger partial charge in [0.15, 0.2) is 0 Å². The summed E-state index contributed by atoms with van der Waals surface area (Å²) in [5.41, 5.74) is 0.641. The molecule has 1 atom stereocenters. The van der Waals surface area contributed by atoms with Gasteiger partial charge in [-0.3, -0.25) is 4.79 Å². The Morgan fingerprint density at radius 3 is 2.86 bits per heavy atom. The number of hydrogen-bond donors (Lipinski definition) is 2. The van der Waals surface area contributed by atoms with E-state index in [1.165, 1.54) is 11.3 Å². The fourth-order valence-electron chi connectivity index (χ4n) is 2.94. The molecule has 1 aromatic carbocycles. The molecule has 0 unspecified atom stereocenters. The average molecular weight is 424 g/mol. The highest BCUT2D eigenvalue weighted by atomic mass is 35.5. The number of aromatic nitrogens is 2. The summed E-state index contributed by atoms with van der Waals surface area (Å²) in [4.78, 5) is 26.4. The molecule has 0 aliphatic carbocycles. The summed E-state index contributed by atoms with van der Waals surface area (Å²) in [6, 6.07) is 6.76. The Bertz CT molecular complexity index is 814. The summed E-state index contributed by atoms with van der Waals surface area (Å²) in [7, 11) is 1.60. The van der Waals surface area contributed by atoms with Crippen molar-refractivity contribution in [3.05, 3.63) is 39.3 Å². The van der Waals surface area contributed by atoms with Crippen molar-refractivity contribution in [1.29, 1.82) is 0 Å². The van der Waals surface area contributed by atoms with Crippen molar-refractivity contribution in [3.8, 4) is 0 Å². The van der Waals surface area contributed by atoms with Gasteiger partial charge in [0.1, 0.15) is 5.01 Å². The van der Waals surface area contributed by atoms with Gasteiger partial charge in [0.2, 0.25) is 5.01 Å². The van der Waals surface area contributed by atoms with Crippen molar-refractivity contribution in [2.75, 3.05) is 38.7 Å². The maximum atomic E-state index is 12.4. The Balaban J connectivity index is 1.58. The summed E-state index contributed by atoms with van der Waals surface area (Å²) >= 11 is 7.12. The molecular formula is C18H22ClN5O3S. The molecule has 1 aromatic heterocycles. The summed E-state index contributed by atoms with van der Waals surface area (Å²) in [6.07, 6.45) is 1.80. The molecule has 1 aliphatic rings. The highest BCUT2D eigenvalue weighted by Crippen LogP contribution is 2.29. The van der Waals surface area contributed by atoms with Crippen molar-refractivity contribution in [3.63, 3.8) is 0 Å². The number of piperidine rings is 1. The van der Waals surface area contributed by atoms with Crippen LogP contribution in [0.25, 0.3) is 0 Å². The maximum Gasteiger partial charge on any atom is 0.317 e. The molecule has 0 spiro atoms. The second-order valence-electron chi connectivity index (χ2n) is 6.42. The first kappa shape index (κ1) is 20.5. The first-order chi connectivity index (χ1) is 13.6. The van der Waals surface area contributed by atoms with E-state index in [9.17, 15) is 9.59 Å². The molecule has 3 amide bonds. The molecule has 150 valence electrons. The third-order valence-electron chi connectivity index (χ3n) is 4.38. The predicted molar refractivity (Wildman–Crippen MR) is 108 cm³/mol. The van der Waals surface area contributed by atoms with Crippen LogP contribution in [0.5, 0.6) is 0 Å². The van der Waals surface area contributed by atoms with Crippen molar-refractivity contribution in [2.24, 2.45) is 0 Å². The van der Waals surface area contributed by atoms with Gasteiger partial charge >= 0.3 is 6.03 Å². The van der Waals surface area contributed by atoms with Gasteiger partial charge in [0.05, 0.1) is 6.61 Å². The van der Waals surface area contributed by atoms with Crippen LogP contribution in [0.15, 0.2) is 24.3 Å². The Morgan fingerprint density at radius 1 is 1.32 bits per heavy atom. The number of rotatable bonds is 6. The zero-order chi connectivity index (χ0) is 19.9. The van der Waals surface area contributed by atoms with Crippen LogP contribution < -0.4 is 10.6 Å². The topological polar surface area (TPSA) is 96.4 Å². The number of carbonyl (C=O) groups excluding carboxylic acids is 2. The minimum Gasteiger partial charge on any atom is -0.383 e. The van der Waals surface area contributed by atoms with E-state index in [0.29, 0.717) is 42.0 Å². The van der Waals surface area contributed by atoms with E-state index >= 15 is 0 Å². The number of amides is 3. The summed E-state index contributed by atoms with van der Waals surface area (Å²) < 4.78 is 4.95. The number of benzene rings is 1. The standard InChI is InChI=1S/C18H22ClN5O3S/c1-27-10-8-20-18(26)24-9-2-3-12(11-24)16-22-23-17(28-16)15(25)21-14-6-4-13(19)5-7-14/h4-7,12H,2-3,8-11H2,1H3,(H,20,26)(H,21,25)/t12-/m0/s1. The molecule has 1 aliphatic heterocycles. The minimum absolute atomic E-state index is 0.0801. The number of nitrogens with zero attached hydrogens (tertiary/aromatic N) is 3. The second-order valence-corrected chi connectivity index (χ2v) is 7.86. The first-order valence-corrected chi connectivity index (χ1v) is 10.2. The van der Waals surface area contributed by atoms with Crippen LogP contribution in [-0.2, 0) is 4.74 Å². The number of ether oxygens (including phenoxy) is 1. The number of carbonyl (C=O) groups is 2. The van der Waals surface area contributed by atoms with E-state index in [0.717, 1.165) is 17.8 Å². The number of urea groups is 1. The van der Waals surface area contributed by atoms with Crippen LogP contribution in [0.4, 0.5) is 10.5 Å². The molecule has 1 fully saturated rings. The predicted octanol–water partition coefficient (Wildman–Crippen LogP) is 2.98. The lowest BCUT2D eigenvalue weighted by molar-refractivity contribution is 0.102. The molecular weight excluding hydrogens is 402 g/mol. The Hall–Kier alpha value is -2.23. The van der Waals surface area contributed by atoms with Crippen molar-refractivity contribution in [1.82, 2.24) is 20.4 Å². The molecule has 8 nitrogen and oxygen atoms in total. The van der Waals surface area contributed by atoms with E-state index in [4.69, 9.17) is 16.3 Å². The third-order valence-corrected chi connectivity index (χ3v) is 5.71. The lowest BCUT2D eigenvalue weighted by Gasteiger charge is -2.31. The SMILES string of the molecule is COCCNC(=O)N1CCC[C@H](c2nnc(C(=O)Nc3ccc(Cl)cc3)s2)C1. The quantitative estimate of drug-likeness (QED) is 0.696. The van der Waals surface area contributed by atoms with Crippen LogP contribution in [0.2, 0.25) is 5.02 Å². The van der Waals surface area contributed by atoms with Crippen molar-refractivity contribution in [2.45, 2.75) is 18.8 Å². The maximum absolute atomic E-state index is 12.4. The lowest BCUT2D eigenvalue weighted by Crippen LogP contribution is -2.45. The third kappa shape index (κ3) is 5.40. The highest BCUT2D eigenvalue weighted by Gasteiger charge is 2.28. The number of anilines is 1. The zero-order valence-corrected chi connectivity index (χ0v) is 17.1. The summed E-state index contributed by atoms with van der Waals surface area (Å²) in [5.74, 6) is -0.229. The van der Waals surface area contributed by atoms with Gasteiger partial charge in [-0.1, -0.05) is 22.9 Å². The lowest BCUT2D eigenvalue weighted by atomic mass is 9.99. The molecule has 1 saturated heterocycles. The Labute approximate surface area is 172 Å². The Morgan fingerprint density at radius 2 is 2.11 bits per heavy atom. The molecule has 2 aromatic rings. The number of methoxy groups -OCH3 is 1. The Kier molecular flexibility index (Phi) is 7.18. The summed E-state index contributed by atoms with van der Waals surface area (Å²) in [6.45, 7) is 2.22. The number of likely N-dealkylation sites (tertiary alicyclic amines) is 1. The molecule has 3 rings (SSSR count). The van der Waals surface area contributed by atoms with Gasteiger partial charge in [0.25, 0.3) is 5.91 Å². The zero-order valence-electron chi connectivity index (χ0n) is 15.5. The van der Waals surface area contributed by atoms with E-state index in [1.54, 1.807) is 36.3 Å². The number of halogens is 1. The first-order valence-electron chi connectivity index (χ1n) is 8.99. The van der Waals surface area contributed by atoms with E-state index in [1.807, 2.05) is 0 Å². The largest absolute Gasteiger partial charge is 0.383 e. The number of hydrogen-bond acceptors (Lipinski definition) is 6. The van der Waals surface area contributed by atoms with E-state index in [2.05, 4.69) is 20.8 Å². The van der Waals surface area contributed by atoms with E-state index in [-0.39, 0.29) is 17.9 Å². The van der Waals surface area contributed by atoms with Gasteiger partial charge in [-0.05, 0) is 37.1 Å². The van der Waals surface area contributed by atoms with Crippen LogP contribution in [0, 0.1) is 0 Å². The monoisotopic (exact) mass is 423 g/mol. The molecule has 0 bridgehead atoms. The molecule has 10 heteroatoms. The van der Waals surface area contributed by atoms with Gasteiger partial charge in [-0.15, -0.1) is 10.2 Å². The van der Waals surface area contributed by atoms with Gasteiger partial charge in [-0.2, -0.15) is 0 Å². The van der Waals surface area contributed by atoms with Gasteiger partial charge < -0.3 is 20.3 Å². The van der Waals surface area contributed by atoms with Gasteiger partial charge in [-0.25, -0.2) is 4.79 Å². The fraction of sp³-hybridized carbons (Fsp3) is 0.444. The van der Waals surface area contributed by atoms with E-state index < -0.39 is 0 Å². The van der Waals surface area contributed by atoms with Crippen LogP contribution in [-0.4, -0.2) is 60.4 Å². The van der Waals surface area contributed by atoms with Crippen LogP contribution in [0.3, 0.4) is 0 Å². The smallest absolute Gasteiger partial charge is 0.317 e. The normalized spacial score (nSPS) is 16.6. The molecule has 28 heavy (non-hydrogen) atoms. The summed E-state index contributed by atoms with van der Waals surface area (Å²) in [5, 5.41) is 15.5.